The first kappa shape index (κ1) is 27.1. The van der Waals surface area contributed by atoms with Crippen molar-refractivity contribution in [3.8, 4) is 0 Å². The molecule has 4 aromatic rings. The molecule has 8 atom stereocenters. The van der Waals surface area contributed by atoms with Gasteiger partial charge in [0.05, 0.1) is 8.07 Å². The summed E-state index contributed by atoms with van der Waals surface area (Å²) in [5.74, 6) is 4.07. The lowest BCUT2D eigenvalue weighted by atomic mass is 9.80. The van der Waals surface area contributed by atoms with Crippen molar-refractivity contribution in [2.45, 2.75) is 50.9 Å². The smallest absolute Gasteiger partial charge is 0.0553 e. The van der Waals surface area contributed by atoms with Gasteiger partial charge in [-0.2, -0.15) is 0 Å². The Hall–Kier alpha value is -3.42. The second-order valence-electron chi connectivity index (χ2n) is 14.7. The fraction of sp³-hybridized carbons (Fsp3) is 0.333. The summed E-state index contributed by atoms with van der Waals surface area (Å²) in [6.45, 7) is 10.8. The Kier molecular flexibility index (Phi) is 6.53. The molecule has 2 saturated carbocycles. The van der Waals surface area contributed by atoms with Crippen molar-refractivity contribution in [2.75, 3.05) is 0 Å². The van der Waals surface area contributed by atoms with E-state index in [0.29, 0.717) is 23.7 Å². The first-order valence-corrected chi connectivity index (χ1v) is 19.8. The molecule has 0 saturated heterocycles. The highest BCUT2D eigenvalue weighted by molar-refractivity contribution is 6.80. The predicted molar refractivity (Wildman–Crippen MR) is 189 cm³/mol. The van der Waals surface area contributed by atoms with Crippen molar-refractivity contribution in [2.24, 2.45) is 35.5 Å². The third-order valence-electron chi connectivity index (χ3n) is 12.2. The molecule has 0 aromatic heterocycles. The fourth-order valence-electron chi connectivity index (χ4n) is 10.9. The van der Waals surface area contributed by atoms with Gasteiger partial charge in [0.25, 0.3) is 0 Å². The molecule has 0 aliphatic heterocycles. The van der Waals surface area contributed by atoms with E-state index in [1.54, 1.807) is 11.1 Å². The van der Waals surface area contributed by atoms with E-state index in [1.165, 1.54) is 45.5 Å². The van der Waals surface area contributed by atoms with Crippen LogP contribution in [0.25, 0.3) is 32.7 Å². The Morgan fingerprint density at radius 2 is 0.953 bits per heavy atom. The summed E-state index contributed by atoms with van der Waals surface area (Å²) in [5, 5.41) is 5.53. The van der Waals surface area contributed by atoms with E-state index in [2.05, 4.69) is 148 Å². The van der Waals surface area contributed by atoms with E-state index in [9.17, 15) is 0 Å². The normalized spacial score (nSPS) is 31.6. The molecule has 216 valence electrons. The SMILES string of the molecule is CC1CC2C(c3cccc4ccccc34)=CC=CC2C1[Si](C)(C)C1C(C)CC2C(c3cccc4ccccc34)=CC=CC21. The maximum absolute atomic E-state index is 2.79. The van der Waals surface area contributed by atoms with Gasteiger partial charge in [0.2, 0.25) is 0 Å². The van der Waals surface area contributed by atoms with Crippen LogP contribution in [0.4, 0.5) is 0 Å². The molecule has 0 amide bonds. The standard InChI is InChI=1S/C42H44Si/c1-27-25-39-35(33-19-9-15-29-13-5-7-17-31(29)33)21-11-23-37(39)41(27)43(3,4)42-28(2)26-40-36(22-12-24-38(40)42)34-20-10-16-30-14-6-8-18-32(30)34/h5-24,27-28,37-42H,25-26H2,1-4H3. The maximum Gasteiger partial charge on any atom is 0.0553 e. The molecule has 4 aromatic carbocycles. The van der Waals surface area contributed by atoms with Crippen LogP contribution in [0.1, 0.15) is 37.8 Å². The van der Waals surface area contributed by atoms with E-state index >= 15 is 0 Å². The van der Waals surface area contributed by atoms with Crippen LogP contribution in [-0.4, -0.2) is 8.07 Å². The fourth-order valence-corrected chi connectivity index (χ4v) is 17.2. The molecule has 0 nitrogen and oxygen atoms in total. The molecule has 4 aliphatic carbocycles. The third kappa shape index (κ3) is 4.22. The molecule has 0 N–H and O–H groups in total. The molecule has 0 bridgehead atoms. The summed E-state index contributed by atoms with van der Waals surface area (Å²) in [6, 6.07) is 31.7. The highest BCUT2D eigenvalue weighted by Crippen LogP contribution is 2.65. The van der Waals surface area contributed by atoms with Gasteiger partial charge in [-0.1, -0.05) is 148 Å². The Morgan fingerprint density at radius 3 is 1.42 bits per heavy atom. The lowest BCUT2D eigenvalue weighted by molar-refractivity contribution is 0.495. The van der Waals surface area contributed by atoms with Crippen LogP contribution in [0.5, 0.6) is 0 Å². The van der Waals surface area contributed by atoms with Gasteiger partial charge >= 0.3 is 0 Å². The zero-order valence-electron chi connectivity index (χ0n) is 26.1. The molecule has 8 rings (SSSR count). The first-order chi connectivity index (χ1) is 20.9. The topological polar surface area (TPSA) is 0 Å². The van der Waals surface area contributed by atoms with Crippen LogP contribution in [0, 0.1) is 35.5 Å². The molecular formula is C42H44Si. The highest BCUT2D eigenvalue weighted by Gasteiger charge is 2.57. The van der Waals surface area contributed by atoms with Crippen LogP contribution < -0.4 is 0 Å². The van der Waals surface area contributed by atoms with Gasteiger partial charge in [-0.3, -0.25) is 0 Å². The largest absolute Gasteiger partial charge is 0.0808 e. The summed E-state index contributed by atoms with van der Waals surface area (Å²) >= 11 is 0. The minimum Gasteiger partial charge on any atom is -0.0808 e. The molecule has 1 heteroatoms. The lowest BCUT2D eigenvalue weighted by Crippen LogP contribution is -2.45. The molecule has 0 spiro atoms. The molecule has 43 heavy (non-hydrogen) atoms. The maximum atomic E-state index is 2.79. The highest BCUT2D eigenvalue weighted by atomic mass is 28.3. The Bertz CT molecular complexity index is 1690. The van der Waals surface area contributed by atoms with Crippen molar-refractivity contribution in [1.29, 1.82) is 0 Å². The predicted octanol–water partition coefficient (Wildman–Crippen LogP) is 11.6. The van der Waals surface area contributed by atoms with Crippen LogP contribution in [0.2, 0.25) is 24.2 Å². The summed E-state index contributed by atoms with van der Waals surface area (Å²) in [7, 11) is -1.71. The summed E-state index contributed by atoms with van der Waals surface area (Å²) in [6.07, 6.45) is 17.6. The molecule has 0 radical (unpaired) electrons. The number of fused-ring (bicyclic) bond motifs is 4. The van der Waals surface area contributed by atoms with Gasteiger partial charge in [0, 0.05) is 0 Å². The summed E-state index contributed by atoms with van der Waals surface area (Å²) < 4.78 is 0. The lowest BCUT2D eigenvalue weighted by Gasteiger charge is -2.46. The van der Waals surface area contributed by atoms with E-state index in [1.807, 2.05) is 0 Å². The van der Waals surface area contributed by atoms with Crippen LogP contribution in [-0.2, 0) is 0 Å². The molecule has 8 unspecified atom stereocenters. The van der Waals surface area contributed by atoms with Crippen molar-refractivity contribution < 1.29 is 0 Å². The molecule has 0 heterocycles. The number of allylic oxidation sites excluding steroid dienone is 8. The molecule has 4 aliphatic rings. The minimum absolute atomic E-state index is 0.628. The van der Waals surface area contributed by atoms with E-state index in [4.69, 9.17) is 0 Å². The van der Waals surface area contributed by atoms with E-state index in [0.717, 1.165) is 22.9 Å². The molecule has 2 fully saturated rings. The first-order valence-electron chi connectivity index (χ1n) is 16.7. The second kappa shape index (κ2) is 10.3. The van der Waals surface area contributed by atoms with Gasteiger partial charge in [0.1, 0.15) is 0 Å². The van der Waals surface area contributed by atoms with Crippen LogP contribution >= 0.6 is 0 Å². The van der Waals surface area contributed by atoms with Gasteiger partial charge < -0.3 is 0 Å². The quantitative estimate of drug-likeness (QED) is 0.212. The van der Waals surface area contributed by atoms with Gasteiger partial charge in [-0.05, 0) is 103 Å². The van der Waals surface area contributed by atoms with Crippen molar-refractivity contribution in [3.05, 3.63) is 133 Å². The third-order valence-corrected chi connectivity index (χ3v) is 17.5. The zero-order valence-corrected chi connectivity index (χ0v) is 27.1. The van der Waals surface area contributed by atoms with Crippen LogP contribution in [0.3, 0.4) is 0 Å². The van der Waals surface area contributed by atoms with Gasteiger partial charge in [-0.25, -0.2) is 0 Å². The summed E-state index contributed by atoms with van der Waals surface area (Å²) in [4.78, 5) is 0. The number of rotatable bonds is 4. The van der Waals surface area contributed by atoms with Crippen molar-refractivity contribution in [3.63, 3.8) is 0 Å². The van der Waals surface area contributed by atoms with Crippen LogP contribution in [0.15, 0.2) is 121 Å². The second-order valence-corrected chi connectivity index (χ2v) is 19.7. The molecular weight excluding hydrogens is 533 g/mol. The van der Waals surface area contributed by atoms with Crippen molar-refractivity contribution in [1.82, 2.24) is 0 Å². The van der Waals surface area contributed by atoms with E-state index < -0.39 is 8.07 Å². The average Bonchev–Trinajstić information content (AvgIpc) is 3.56. The van der Waals surface area contributed by atoms with E-state index in [-0.39, 0.29) is 0 Å². The number of hydrogen-bond acceptors (Lipinski definition) is 0. The van der Waals surface area contributed by atoms with Gasteiger partial charge in [-0.15, -0.1) is 0 Å². The minimum atomic E-state index is -1.71. The van der Waals surface area contributed by atoms with Gasteiger partial charge in [0.15, 0.2) is 0 Å². The number of benzene rings is 4. The average molecular weight is 577 g/mol. The monoisotopic (exact) mass is 576 g/mol. The summed E-state index contributed by atoms with van der Waals surface area (Å²) in [5.41, 5.74) is 7.69. The Balaban J connectivity index is 1.13. The zero-order chi connectivity index (χ0) is 29.3. The number of hydrogen-bond donors (Lipinski definition) is 0. The Labute approximate surface area is 258 Å². The Morgan fingerprint density at radius 1 is 0.535 bits per heavy atom. The van der Waals surface area contributed by atoms with Crippen molar-refractivity contribution >= 4 is 40.8 Å².